The van der Waals surface area contributed by atoms with Gasteiger partial charge in [-0.1, -0.05) is 32.4 Å². The summed E-state index contributed by atoms with van der Waals surface area (Å²) in [7, 11) is 0. The number of halogens is 1. The van der Waals surface area contributed by atoms with Crippen LogP contribution in [0.4, 0.5) is 4.39 Å². The van der Waals surface area contributed by atoms with Crippen LogP contribution in [-0.2, 0) is 23.3 Å². The number of benzene rings is 1. The summed E-state index contributed by atoms with van der Waals surface area (Å²) in [6, 6.07) is 6.42. The molecule has 4 rings (SSSR count). The first-order valence-corrected chi connectivity index (χ1v) is 8.99. The largest absolute Gasteiger partial charge is 0.333 e. The van der Waals surface area contributed by atoms with Crippen molar-refractivity contribution in [1.82, 2.24) is 19.7 Å². The summed E-state index contributed by atoms with van der Waals surface area (Å²) >= 11 is 0. The Hall–Kier alpha value is -2.24. The van der Waals surface area contributed by atoms with Gasteiger partial charge in [-0.2, -0.15) is 0 Å². The fraction of sp³-hybridized carbons (Fsp3) is 0.526. The number of fused-ring (bicyclic) bond motifs is 1. The zero-order valence-corrected chi connectivity index (χ0v) is 14.7. The van der Waals surface area contributed by atoms with Crippen molar-refractivity contribution < 1.29 is 9.18 Å². The van der Waals surface area contributed by atoms with Gasteiger partial charge in [-0.05, 0) is 30.5 Å². The first-order valence-electron chi connectivity index (χ1n) is 8.99. The third-order valence-corrected chi connectivity index (χ3v) is 5.60. The third-order valence-electron chi connectivity index (χ3n) is 5.60. The molecular formula is C19H23FN4O. The van der Waals surface area contributed by atoms with Crippen molar-refractivity contribution in [2.75, 3.05) is 6.54 Å². The second kappa shape index (κ2) is 5.93. The molecule has 2 heterocycles. The predicted molar refractivity (Wildman–Crippen MR) is 91.5 cm³/mol. The Bertz CT molecular complexity index is 792. The first-order chi connectivity index (χ1) is 12.0. The average molecular weight is 342 g/mol. The zero-order valence-electron chi connectivity index (χ0n) is 14.7. The van der Waals surface area contributed by atoms with Crippen molar-refractivity contribution in [3.05, 3.63) is 47.3 Å². The van der Waals surface area contributed by atoms with Gasteiger partial charge in [0.2, 0.25) is 5.91 Å². The molecule has 0 unspecified atom stereocenters. The van der Waals surface area contributed by atoms with E-state index in [2.05, 4.69) is 28.6 Å². The number of carbonyl (C=O) groups is 1. The minimum absolute atomic E-state index is 0.144. The molecule has 1 aliphatic heterocycles. The third kappa shape index (κ3) is 2.55. The van der Waals surface area contributed by atoms with Crippen LogP contribution in [0, 0.1) is 5.82 Å². The summed E-state index contributed by atoms with van der Waals surface area (Å²) in [5.41, 5.74) is 0.441. The minimum atomic E-state index is -0.489. The Morgan fingerprint density at radius 1 is 1.16 bits per heavy atom. The molecular weight excluding hydrogens is 319 g/mol. The molecule has 5 nitrogen and oxygen atoms in total. The van der Waals surface area contributed by atoms with Gasteiger partial charge in [-0.15, -0.1) is 10.2 Å². The van der Waals surface area contributed by atoms with E-state index in [0.29, 0.717) is 19.0 Å². The Labute approximate surface area is 146 Å². The molecule has 2 aromatic rings. The molecule has 0 atom stereocenters. The molecule has 1 saturated carbocycles. The van der Waals surface area contributed by atoms with Crippen LogP contribution in [0.25, 0.3) is 0 Å². The van der Waals surface area contributed by atoms with Crippen molar-refractivity contribution >= 4 is 5.91 Å². The van der Waals surface area contributed by atoms with E-state index in [4.69, 9.17) is 0 Å². The summed E-state index contributed by atoms with van der Waals surface area (Å²) < 4.78 is 15.4. The van der Waals surface area contributed by atoms with Gasteiger partial charge in [0.05, 0.1) is 12.0 Å². The van der Waals surface area contributed by atoms with Crippen molar-refractivity contribution in [2.24, 2.45) is 0 Å². The Morgan fingerprint density at radius 3 is 2.48 bits per heavy atom. The number of nitrogens with zero attached hydrogens (tertiary/aromatic N) is 4. The lowest BCUT2D eigenvalue weighted by Gasteiger charge is -2.44. The van der Waals surface area contributed by atoms with Crippen LogP contribution in [0.15, 0.2) is 24.3 Å². The maximum Gasteiger partial charge on any atom is 0.233 e. The van der Waals surface area contributed by atoms with E-state index in [1.165, 1.54) is 12.1 Å². The molecule has 0 spiro atoms. The maximum atomic E-state index is 13.3. The summed E-state index contributed by atoms with van der Waals surface area (Å²) in [6.45, 7) is 6.12. The number of hydrogen-bond acceptors (Lipinski definition) is 3. The van der Waals surface area contributed by atoms with E-state index in [9.17, 15) is 9.18 Å². The highest BCUT2D eigenvalue weighted by Gasteiger charge is 2.48. The van der Waals surface area contributed by atoms with Gasteiger partial charge in [0.1, 0.15) is 11.6 Å². The van der Waals surface area contributed by atoms with Gasteiger partial charge >= 0.3 is 0 Å². The van der Waals surface area contributed by atoms with Crippen LogP contribution in [0.1, 0.15) is 56.2 Å². The number of carbonyl (C=O) groups excluding carboxylic acids is 1. The molecule has 0 radical (unpaired) electrons. The topological polar surface area (TPSA) is 51.0 Å². The molecule has 1 fully saturated rings. The number of aromatic nitrogens is 3. The molecule has 0 bridgehead atoms. The van der Waals surface area contributed by atoms with Gasteiger partial charge in [-0.3, -0.25) is 4.79 Å². The first kappa shape index (κ1) is 16.2. The van der Waals surface area contributed by atoms with Crippen LogP contribution in [0.2, 0.25) is 0 Å². The molecule has 2 aliphatic rings. The van der Waals surface area contributed by atoms with Gasteiger partial charge in [0.15, 0.2) is 5.82 Å². The lowest BCUT2D eigenvalue weighted by atomic mass is 9.63. The van der Waals surface area contributed by atoms with Crippen molar-refractivity contribution in [3.8, 4) is 0 Å². The fourth-order valence-corrected chi connectivity index (χ4v) is 4.01. The van der Waals surface area contributed by atoms with Crippen LogP contribution < -0.4 is 0 Å². The van der Waals surface area contributed by atoms with Gasteiger partial charge in [0.25, 0.3) is 0 Å². The minimum Gasteiger partial charge on any atom is -0.333 e. The molecule has 1 amide bonds. The smallest absolute Gasteiger partial charge is 0.233 e. The second-order valence-electron chi connectivity index (χ2n) is 7.45. The van der Waals surface area contributed by atoms with Gasteiger partial charge < -0.3 is 9.47 Å². The zero-order chi connectivity index (χ0) is 17.6. The summed E-state index contributed by atoms with van der Waals surface area (Å²) in [6.07, 6.45) is 2.69. The lowest BCUT2D eigenvalue weighted by Crippen LogP contribution is -2.52. The Morgan fingerprint density at radius 2 is 1.88 bits per heavy atom. The summed E-state index contributed by atoms with van der Waals surface area (Å²) in [5, 5.41) is 8.58. The average Bonchev–Trinajstić information content (AvgIpc) is 2.98. The SMILES string of the molecule is CC(C)c1nnc2n1CCN(C(=O)C1(c3ccc(F)cc3)CCC1)C2. The molecule has 25 heavy (non-hydrogen) atoms. The van der Waals surface area contributed by atoms with E-state index < -0.39 is 5.41 Å². The highest BCUT2D eigenvalue weighted by Crippen LogP contribution is 2.45. The molecule has 1 aromatic carbocycles. The quantitative estimate of drug-likeness (QED) is 0.862. The molecule has 132 valence electrons. The molecule has 0 N–H and O–H groups in total. The van der Waals surface area contributed by atoms with Crippen LogP contribution >= 0.6 is 0 Å². The normalized spacial score (nSPS) is 18.8. The Kier molecular flexibility index (Phi) is 3.85. The molecule has 1 aromatic heterocycles. The molecule has 0 saturated heterocycles. The van der Waals surface area contributed by atoms with E-state index >= 15 is 0 Å². The maximum absolute atomic E-state index is 13.3. The Balaban J connectivity index is 1.59. The van der Waals surface area contributed by atoms with E-state index in [1.54, 1.807) is 12.1 Å². The standard InChI is InChI=1S/C19H23FN4O/c1-13(2)17-22-21-16-12-23(10-11-24(16)17)18(25)19(8-3-9-19)14-4-6-15(20)7-5-14/h4-7,13H,3,8-12H2,1-2H3. The number of rotatable bonds is 3. The highest BCUT2D eigenvalue weighted by atomic mass is 19.1. The second-order valence-corrected chi connectivity index (χ2v) is 7.45. The molecule has 1 aliphatic carbocycles. The van der Waals surface area contributed by atoms with Gasteiger partial charge in [0, 0.05) is 19.0 Å². The lowest BCUT2D eigenvalue weighted by molar-refractivity contribution is -0.142. The van der Waals surface area contributed by atoms with Crippen molar-refractivity contribution in [3.63, 3.8) is 0 Å². The summed E-state index contributed by atoms with van der Waals surface area (Å²) in [4.78, 5) is 15.2. The van der Waals surface area contributed by atoms with Crippen LogP contribution in [0.5, 0.6) is 0 Å². The number of hydrogen-bond donors (Lipinski definition) is 0. The van der Waals surface area contributed by atoms with E-state index in [-0.39, 0.29) is 11.7 Å². The van der Waals surface area contributed by atoms with Crippen LogP contribution in [-0.4, -0.2) is 32.1 Å². The predicted octanol–water partition coefficient (Wildman–Crippen LogP) is 3.00. The summed E-state index contributed by atoms with van der Waals surface area (Å²) in [5.74, 6) is 2.04. The van der Waals surface area contributed by atoms with E-state index in [0.717, 1.165) is 43.0 Å². The highest BCUT2D eigenvalue weighted by molar-refractivity contribution is 5.89. The van der Waals surface area contributed by atoms with Crippen molar-refractivity contribution in [2.45, 2.75) is 57.5 Å². The number of amides is 1. The molecule has 6 heteroatoms. The van der Waals surface area contributed by atoms with Crippen LogP contribution in [0.3, 0.4) is 0 Å². The van der Waals surface area contributed by atoms with Crippen molar-refractivity contribution in [1.29, 1.82) is 0 Å². The van der Waals surface area contributed by atoms with Gasteiger partial charge in [-0.25, -0.2) is 4.39 Å². The fourth-order valence-electron chi connectivity index (χ4n) is 4.01. The van der Waals surface area contributed by atoms with E-state index in [1.807, 2.05) is 4.90 Å². The monoisotopic (exact) mass is 342 g/mol.